The van der Waals surface area contributed by atoms with Crippen molar-refractivity contribution in [3.05, 3.63) is 30.0 Å². The first kappa shape index (κ1) is 11.7. The summed E-state index contributed by atoms with van der Waals surface area (Å²) in [6.07, 6.45) is 1.28. The number of hydrogen-bond donors (Lipinski definition) is 1. The lowest BCUT2D eigenvalue weighted by Crippen LogP contribution is -2.02. The summed E-state index contributed by atoms with van der Waals surface area (Å²) in [4.78, 5) is 25.4. The third-order valence-corrected chi connectivity index (χ3v) is 2.62. The molecule has 0 fully saturated rings. The van der Waals surface area contributed by atoms with E-state index < -0.39 is 5.24 Å². The van der Waals surface area contributed by atoms with Gasteiger partial charge in [-0.15, -0.1) is 0 Å². The van der Waals surface area contributed by atoms with E-state index in [-0.39, 0.29) is 12.2 Å². The second-order valence-electron chi connectivity index (χ2n) is 3.57. The number of carbonyl (C=O) groups is 2. The van der Waals surface area contributed by atoms with Crippen LogP contribution in [-0.4, -0.2) is 23.1 Å². The highest BCUT2D eigenvalue weighted by Gasteiger charge is 2.14. The molecule has 0 saturated heterocycles. The molecule has 1 N–H and O–H groups in total. The summed E-state index contributed by atoms with van der Waals surface area (Å²) < 4.78 is 5.08. The van der Waals surface area contributed by atoms with E-state index in [0.717, 1.165) is 10.9 Å². The lowest BCUT2D eigenvalue weighted by molar-refractivity contribution is -0.110. The zero-order chi connectivity index (χ0) is 12.4. The largest absolute Gasteiger partial charge is 0.497 e. The summed E-state index contributed by atoms with van der Waals surface area (Å²) in [6.45, 7) is 0. The minimum absolute atomic E-state index is 0.290. The molecule has 2 rings (SSSR count). The smallest absolute Gasteiger partial charge is 0.229 e. The molecule has 2 aromatic rings. The van der Waals surface area contributed by atoms with Crippen molar-refractivity contribution >= 4 is 33.5 Å². The van der Waals surface area contributed by atoms with Crippen LogP contribution in [0.1, 0.15) is 16.8 Å². The maximum absolute atomic E-state index is 11.7. The number of ketones is 1. The second-order valence-corrected chi connectivity index (χ2v) is 3.99. The number of ether oxygens (including phenoxy) is 1. The highest BCUT2D eigenvalue weighted by molar-refractivity contribution is 6.65. The molecule has 0 aliphatic rings. The maximum atomic E-state index is 11.7. The number of aromatic amines is 1. The first-order chi connectivity index (χ1) is 8.11. The Morgan fingerprint density at radius 1 is 1.41 bits per heavy atom. The number of carbonyl (C=O) groups excluding carboxylic acids is 2. The lowest BCUT2D eigenvalue weighted by Gasteiger charge is -1.99. The molecule has 0 aliphatic heterocycles. The number of halogens is 1. The zero-order valence-electron chi connectivity index (χ0n) is 9.12. The molecule has 0 aliphatic carbocycles. The molecule has 4 nitrogen and oxygen atoms in total. The molecule has 17 heavy (non-hydrogen) atoms. The molecule has 0 saturated carbocycles. The molecular weight excluding hydrogens is 242 g/mol. The summed E-state index contributed by atoms with van der Waals surface area (Å²) in [6, 6.07) is 5.32. The average molecular weight is 252 g/mol. The quantitative estimate of drug-likeness (QED) is 0.516. The number of rotatable bonds is 4. The van der Waals surface area contributed by atoms with E-state index in [4.69, 9.17) is 16.3 Å². The molecule has 0 atom stereocenters. The van der Waals surface area contributed by atoms with E-state index in [1.54, 1.807) is 31.5 Å². The van der Waals surface area contributed by atoms with Crippen LogP contribution in [0.15, 0.2) is 24.4 Å². The van der Waals surface area contributed by atoms with Crippen LogP contribution in [0.3, 0.4) is 0 Å². The van der Waals surface area contributed by atoms with E-state index in [1.807, 2.05) is 0 Å². The van der Waals surface area contributed by atoms with Crippen LogP contribution in [0.4, 0.5) is 0 Å². The van der Waals surface area contributed by atoms with Gasteiger partial charge in [-0.1, -0.05) is 0 Å². The molecule has 0 unspecified atom stereocenters. The van der Waals surface area contributed by atoms with Crippen LogP contribution in [0.5, 0.6) is 5.75 Å². The monoisotopic (exact) mass is 251 g/mol. The Bertz CT molecular complexity index is 588. The van der Waals surface area contributed by atoms with Crippen molar-refractivity contribution in [2.45, 2.75) is 6.42 Å². The number of fused-ring (bicyclic) bond motifs is 1. The Morgan fingerprint density at radius 3 is 2.82 bits per heavy atom. The normalized spacial score (nSPS) is 10.5. The third kappa shape index (κ3) is 2.31. The Balaban J connectivity index is 2.43. The Kier molecular flexibility index (Phi) is 3.15. The van der Waals surface area contributed by atoms with Crippen LogP contribution in [0.2, 0.25) is 0 Å². The van der Waals surface area contributed by atoms with Crippen LogP contribution in [0.25, 0.3) is 10.9 Å². The molecule has 0 amide bonds. The fraction of sp³-hybridized carbons (Fsp3) is 0.167. The fourth-order valence-corrected chi connectivity index (χ4v) is 1.81. The van der Waals surface area contributed by atoms with Gasteiger partial charge in [0.2, 0.25) is 5.24 Å². The summed E-state index contributed by atoms with van der Waals surface area (Å²) in [7, 11) is 1.57. The van der Waals surface area contributed by atoms with Crippen molar-refractivity contribution in [3.8, 4) is 5.75 Å². The molecule has 88 valence electrons. The molecule has 1 aromatic heterocycles. The SMILES string of the molecule is COc1ccc2c(C(=O)CC(=O)Cl)c[nH]c2c1. The van der Waals surface area contributed by atoms with Crippen LogP contribution >= 0.6 is 11.6 Å². The van der Waals surface area contributed by atoms with Crippen molar-refractivity contribution in [1.29, 1.82) is 0 Å². The average Bonchev–Trinajstić information content (AvgIpc) is 2.70. The molecule has 0 radical (unpaired) electrons. The topological polar surface area (TPSA) is 59.2 Å². The molecule has 1 aromatic carbocycles. The van der Waals surface area contributed by atoms with Crippen molar-refractivity contribution in [1.82, 2.24) is 4.98 Å². The predicted octanol–water partition coefficient (Wildman–Crippen LogP) is 2.51. The van der Waals surface area contributed by atoms with E-state index in [2.05, 4.69) is 4.98 Å². The van der Waals surface area contributed by atoms with Gasteiger partial charge in [0.15, 0.2) is 5.78 Å². The number of nitrogens with one attached hydrogen (secondary N) is 1. The maximum Gasteiger partial charge on any atom is 0.229 e. The van der Waals surface area contributed by atoms with Gasteiger partial charge in [0.05, 0.1) is 13.5 Å². The van der Waals surface area contributed by atoms with Crippen molar-refractivity contribution in [2.75, 3.05) is 7.11 Å². The van der Waals surface area contributed by atoms with Gasteiger partial charge >= 0.3 is 0 Å². The number of aromatic nitrogens is 1. The Morgan fingerprint density at radius 2 is 2.18 bits per heavy atom. The number of H-pyrrole nitrogens is 1. The van der Waals surface area contributed by atoms with Gasteiger partial charge < -0.3 is 9.72 Å². The number of hydrogen-bond acceptors (Lipinski definition) is 3. The number of methoxy groups -OCH3 is 1. The summed E-state index contributed by atoms with van der Waals surface area (Å²) in [5, 5.41) is 0.103. The van der Waals surface area contributed by atoms with Crippen molar-refractivity contribution < 1.29 is 14.3 Å². The first-order valence-electron chi connectivity index (χ1n) is 4.98. The van der Waals surface area contributed by atoms with E-state index in [0.29, 0.717) is 11.3 Å². The molecular formula is C12H10ClNO3. The molecule has 1 heterocycles. The van der Waals surface area contributed by atoms with Gasteiger partial charge in [0.1, 0.15) is 5.75 Å². The number of benzene rings is 1. The van der Waals surface area contributed by atoms with Gasteiger partial charge in [-0.25, -0.2) is 0 Å². The van der Waals surface area contributed by atoms with Gasteiger partial charge in [-0.05, 0) is 23.7 Å². The standard InChI is InChI=1S/C12H10ClNO3/c1-17-7-2-3-8-9(6-14-10(8)4-7)11(15)5-12(13)16/h2-4,6,14H,5H2,1H3. The molecule has 0 bridgehead atoms. The van der Waals surface area contributed by atoms with Gasteiger partial charge in [-0.2, -0.15) is 0 Å². The van der Waals surface area contributed by atoms with Crippen LogP contribution < -0.4 is 4.74 Å². The summed E-state index contributed by atoms with van der Waals surface area (Å²) in [5.74, 6) is 0.410. The minimum atomic E-state index is -0.655. The third-order valence-electron chi connectivity index (χ3n) is 2.49. The highest BCUT2D eigenvalue weighted by atomic mass is 35.5. The van der Waals surface area contributed by atoms with E-state index >= 15 is 0 Å². The minimum Gasteiger partial charge on any atom is -0.497 e. The first-order valence-corrected chi connectivity index (χ1v) is 5.36. The summed E-state index contributed by atoms with van der Waals surface area (Å²) >= 11 is 5.20. The van der Waals surface area contributed by atoms with Crippen molar-refractivity contribution in [2.24, 2.45) is 0 Å². The van der Waals surface area contributed by atoms with Gasteiger partial charge in [0.25, 0.3) is 0 Å². The van der Waals surface area contributed by atoms with E-state index in [1.165, 1.54) is 0 Å². The second kappa shape index (κ2) is 4.59. The molecule has 0 spiro atoms. The molecule has 5 heteroatoms. The van der Waals surface area contributed by atoms with E-state index in [9.17, 15) is 9.59 Å². The zero-order valence-corrected chi connectivity index (χ0v) is 9.88. The number of Topliss-reactive ketones (excluding diaryl/α,β-unsaturated/α-hetero) is 1. The van der Waals surface area contributed by atoms with Gasteiger partial charge in [0, 0.05) is 28.7 Å². The summed E-state index contributed by atoms with van der Waals surface area (Å²) in [5.41, 5.74) is 1.26. The predicted molar refractivity (Wildman–Crippen MR) is 64.7 cm³/mol. The van der Waals surface area contributed by atoms with Gasteiger partial charge in [-0.3, -0.25) is 9.59 Å². The highest BCUT2D eigenvalue weighted by Crippen LogP contribution is 2.24. The lowest BCUT2D eigenvalue weighted by atomic mass is 10.1. The Hall–Kier alpha value is -1.81. The Labute approximate surface area is 103 Å². The fourth-order valence-electron chi connectivity index (χ4n) is 1.68. The van der Waals surface area contributed by atoms with Crippen LogP contribution in [0, 0.1) is 0 Å². The van der Waals surface area contributed by atoms with Crippen molar-refractivity contribution in [3.63, 3.8) is 0 Å². The van der Waals surface area contributed by atoms with Crippen LogP contribution in [-0.2, 0) is 4.79 Å².